The number of carbonyl (C=O) groups is 3. The van der Waals surface area contributed by atoms with Gasteiger partial charge in [0.25, 0.3) is 5.91 Å². The van der Waals surface area contributed by atoms with E-state index in [0.29, 0.717) is 38.5 Å². The summed E-state index contributed by atoms with van der Waals surface area (Å²) in [5, 5.41) is 16.2. The minimum absolute atomic E-state index is 0.0131. The van der Waals surface area contributed by atoms with Crippen LogP contribution in [-0.2, 0) is 14.3 Å². The Hall–Kier alpha value is -2.96. The fourth-order valence-electron chi connectivity index (χ4n) is 2.85. The maximum Gasteiger partial charge on any atom is 0.490 e. The summed E-state index contributed by atoms with van der Waals surface area (Å²) in [6.45, 7) is 4.56. The number of likely N-dealkylation sites (tertiary alicyclic amines) is 1. The summed E-state index contributed by atoms with van der Waals surface area (Å²) >= 11 is 0. The van der Waals surface area contributed by atoms with Crippen molar-refractivity contribution in [3.05, 3.63) is 27.7 Å². The number of carbonyl (C=O) groups excluding carboxylic acids is 2. The Labute approximate surface area is 168 Å². The molecule has 0 saturated carbocycles. The lowest BCUT2D eigenvalue weighted by molar-refractivity contribution is -0.192. The van der Waals surface area contributed by atoms with Crippen LogP contribution in [0.1, 0.15) is 22.6 Å². The molecule has 2 amide bonds. The van der Waals surface area contributed by atoms with Crippen molar-refractivity contribution in [2.45, 2.75) is 19.5 Å². The number of alkyl halides is 3. The summed E-state index contributed by atoms with van der Waals surface area (Å²) in [6, 6.07) is 1.34. The van der Waals surface area contributed by atoms with E-state index < -0.39 is 23.5 Å². The average molecular weight is 434 g/mol. The van der Waals surface area contributed by atoms with Crippen molar-refractivity contribution >= 4 is 17.8 Å². The Bertz CT molecular complexity index is 845. The van der Waals surface area contributed by atoms with E-state index in [0.717, 1.165) is 6.42 Å². The number of aromatic nitrogens is 2. The third-order valence-corrected chi connectivity index (χ3v) is 4.48. The van der Waals surface area contributed by atoms with Gasteiger partial charge in [0.1, 0.15) is 0 Å². The van der Waals surface area contributed by atoms with Gasteiger partial charge in [-0.1, -0.05) is 0 Å². The van der Waals surface area contributed by atoms with Gasteiger partial charge < -0.3 is 20.1 Å². The molecule has 0 radical (unpaired) electrons. The summed E-state index contributed by atoms with van der Waals surface area (Å²) < 4.78 is 37.0. The predicted molar refractivity (Wildman–Crippen MR) is 94.6 cm³/mol. The molecule has 0 spiro atoms. The summed E-state index contributed by atoms with van der Waals surface area (Å²) in [7, 11) is 0. The van der Waals surface area contributed by atoms with Crippen LogP contribution in [0.15, 0.2) is 10.9 Å². The molecule has 2 saturated heterocycles. The zero-order chi connectivity index (χ0) is 22.5. The first kappa shape index (κ1) is 23.3. The molecule has 10 nitrogen and oxygen atoms in total. The Morgan fingerprint density at radius 2 is 2.00 bits per heavy atom. The minimum Gasteiger partial charge on any atom is -0.475 e. The van der Waals surface area contributed by atoms with Gasteiger partial charge in [0.15, 0.2) is 5.69 Å². The molecule has 3 N–H and O–H groups in total. The fraction of sp³-hybridized carbons (Fsp3) is 0.588. The van der Waals surface area contributed by atoms with E-state index >= 15 is 0 Å². The number of carboxylic acid groups (broad SMARTS) is 1. The van der Waals surface area contributed by atoms with Gasteiger partial charge in [-0.2, -0.15) is 18.3 Å². The first-order valence-corrected chi connectivity index (χ1v) is 9.00. The predicted octanol–water partition coefficient (Wildman–Crippen LogP) is -0.0637. The molecule has 2 fully saturated rings. The number of rotatable bonds is 4. The molecule has 13 heteroatoms. The van der Waals surface area contributed by atoms with Crippen LogP contribution >= 0.6 is 0 Å². The van der Waals surface area contributed by atoms with Crippen LogP contribution in [-0.4, -0.2) is 77.0 Å². The van der Waals surface area contributed by atoms with E-state index in [9.17, 15) is 27.6 Å². The zero-order valence-corrected chi connectivity index (χ0v) is 16.0. The number of nitrogens with one attached hydrogen (secondary N) is 2. The topological polar surface area (TPSA) is 142 Å². The second kappa shape index (κ2) is 9.69. The lowest BCUT2D eigenvalue weighted by Gasteiger charge is -2.40. The van der Waals surface area contributed by atoms with Crippen molar-refractivity contribution in [1.29, 1.82) is 0 Å². The maximum absolute atomic E-state index is 12.1. The number of nitrogens with zero attached hydrogens (tertiary/aromatic N) is 2. The van der Waals surface area contributed by atoms with Gasteiger partial charge in [-0.05, 0) is 13.3 Å². The van der Waals surface area contributed by atoms with E-state index in [1.165, 1.54) is 6.07 Å². The summed E-state index contributed by atoms with van der Waals surface area (Å²) in [4.78, 5) is 46.5. The summed E-state index contributed by atoms with van der Waals surface area (Å²) in [5.41, 5.74) is 0.0759. The van der Waals surface area contributed by atoms with E-state index in [1.807, 2.05) is 0 Å². The first-order valence-electron chi connectivity index (χ1n) is 9.00. The van der Waals surface area contributed by atoms with Crippen molar-refractivity contribution in [3.63, 3.8) is 0 Å². The van der Waals surface area contributed by atoms with Gasteiger partial charge in [-0.3, -0.25) is 19.5 Å². The lowest BCUT2D eigenvalue weighted by Crippen LogP contribution is -2.55. The summed E-state index contributed by atoms with van der Waals surface area (Å²) in [5.74, 6) is -2.90. The Morgan fingerprint density at radius 3 is 2.50 bits per heavy atom. The zero-order valence-electron chi connectivity index (χ0n) is 16.0. The van der Waals surface area contributed by atoms with E-state index in [4.69, 9.17) is 14.6 Å². The van der Waals surface area contributed by atoms with Gasteiger partial charge in [0.2, 0.25) is 11.3 Å². The normalized spacial score (nSPS) is 18.8. The third kappa shape index (κ3) is 6.27. The Balaban J connectivity index is 0.000000396. The monoisotopic (exact) mass is 434 g/mol. The highest BCUT2D eigenvalue weighted by Gasteiger charge is 2.38. The molecule has 1 unspecified atom stereocenters. The number of carboxylic acids is 1. The number of hydrogen-bond donors (Lipinski definition) is 3. The number of amides is 2. The van der Waals surface area contributed by atoms with Gasteiger partial charge in [-0.15, -0.1) is 0 Å². The Kier molecular flexibility index (Phi) is 7.54. The van der Waals surface area contributed by atoms with Crippen LogP contribution in [0.2, 0.25) is 0 Å². The SMILES string of the molecule is Cc1cc(=O)c(C(=O)NCC2CN(C(=O)C3CCOC3)C2)n[nH]1.O=C(O)C(F)(F)F. The molecule has 1 aromatic heterocycles. The molecule has 1 atom stereocenters. The number of H-pyrrole nitrogens is 1. The Morgan fingerprint density at radius 1 is 1.37 bits per heavy atom. The minimum atomic E-state index is -5.08. The summed E-state index contributed by atoms with van der Waals surface area (Å²) in [6.07, 6.45) is -4.29. The third-order valence-electron chi connectivity index (χ3n) is 4.48. The smallest absolute Gasteiger partial charge is 0.475 e. The van der Waals surface area contributed by atoms with Crippen LogP contribution in [0.25, 0.3) is 0 Å². The van der Waals surface area contributed by atoms with Crippen LogP contribution in [0.3, 0.4) is 0 Å². The maximum atomic E-state index is 12.1. The highest BCUT2D eigenvalue weighted by molar-refractivity contribution is 5.92. The average Bonchev–Trinajstić information content (AvgIpc) is 3.14. The van der Waals surface area contributed by atoms with Gasteiger partial charge >= 0.3 is 12.1 Å². The van der Waals surface area contributed by atoms with Crippen LogP contribution < -0.4 is 10.7 Å². The van der Waals surface area contributed by atoms with Gasteiger partial charge in [0.05, 0.1) is 12.5 Å². The number of ether oxygens (including phenoxy) is 1. The molecule has 0 aromatic carbocycles. The molecule has 3 heterocycles. The van der Waals surface area contributed by atoms with Crippen LogP contribution in [0.5, 0.6) is 0 Å². The number of aliphatic carboxylic acids is 1. The van der Waals surface area contributed by atoms with Crippen molar-refractivity contribution < 1.29 is 37.4 Å². The first-order chi connectivity index (χ1) is 14.0. The molecule has 2 aliphatic rings. The molecule has 0 aliphatic carbocycles. The van der Waals surface area contributed by atoms with Crippen molar-refractivity contribution in [2.24, 2.45) is 11.8 Å². The molecule has 1 aromatic rings. The standard InChI is InChI=1S/C15H20N4O4.C2HF3O2/c1-9-4-12(20)13(18-17-9)14(21)16-5-10-6-19(7-10)15(22)11-2-3-23-8-11;3-2(4,5)1(6)7/h4,10-11H,2-3,5-8H2,1H3,(H,16,21)(H,17,20);(H,6,7). The molecule has 30 heavy (non-hydrogen) atoms. The van der Waals surface area contributed by atoms with E-state index in [1.54, 1.807) is 11.8 Å². The molecule has 3 rings (SSSR count). The second-order valence-corrected chi connectivity index (χ2v) is 6.95. The van der Waals surface area contributed by atoms with Gasteiger partial charge in [0, 0.05) is 43.9 Å². The van der Waals surface area contributed by atoms with E-state index in [-0.39, 0.29) is 23.4 Å². The molecule has 166 valence electrons. The van der Waals surface area contributed by atoms with Crippen LogP contribution in [0.4, 0.5) is 13.2 Å². The number of aryl methyl sites for hydroxylation is 1. The highest BCUT2D eigenvalue weighted by atomic mass is 19.4. The molecule has 0 bridgehead atoms. The number of halogens is 3. The molecular formula is C17H21F3N4O6. The second-order valence-electron chi connectivity index (χ2n) is 6.95. The lowest BCUT2D eigenvalue weighted by atomic mass is 9.96. The van der Waals surface area contributed by atoms with E-state index in [2.05, 4.69) is 15.5 Å². The van der Waals surface area contributed by atoms with Gasteiger partial charge in [-0.25, -0.2) is 4.79 Å². The quantitative estimate of drug-likeness (QED) is 0.603. The fourth-order valence-corrected chi connectivity index (χ4v) is 2.85. The van der Waals surface area contributed by atoms with Crippen molar-refractivity contribution in [2.75, 3.05) is 32.8 Å². The molecular weight excluding hydrogens is 413 g/mol. The molecule has 2 aliphatic heterocycles. The van der Waals surface area contributed by atoms with Crippen molar-refractivity contribution in [1.82, 2.24) is 20.4 Å². The highest BCUT2D eigenvalue weighted by Crippen LogP contribution is 2.22. The largest absolute Gasteiger partial charge is 0.490 e. The number of aromatic amines is 1. The van der Waals surface area contributed by atoms with Crippen molar-refractivity contribution in [3.8, 4) is 0 Å². The number of hydrogen-bond acceptors (Lipinski definition) is 6. The van der Waals surface area contributed by atoms with Crippen LogP contribution in [0, 0.1) is 18.8 Å².